The van der Waals surface area contributed by atoms with Crippen LogP contribution >= 0.6 is 11.3 Å². The van der Waals surface area contributed by atoms with Crippen LogP contribution in [0.3, 0.4) is 0 Å². The lowest BCUT2D eigenvalue weighted by Crippen LogP contribution is -2.32. The van der Waals surface area contributed by atoms with Crippen LogP contribution < -0.4 is 10.6 Å². The van der Waals surface area contributed by atoms with Crippen molar-refractivity contribution in [2.45, 2.75) is 39.7 Å². The Morgan fingerprint density at radius 3 is 2.81 bits per heavy atom. The van der Waals surface area contributed by atoms with Gasteiger partial charge in [0.1, 0.15) is 0 Å². The van der Waals surface area contributed by atoms with Gasteiger partial charge < -0.3 is 10.6 Å². The van der Waals surface area contributed by atoms with Gasteiger partial charge in [-0.1, -0.05) is 24.7 Å². The van der Waals surface area contributed by atoms with Gasteiger partial charge in [-0.15, -0.1) is 10.2 Å². The van der Waals surface area contributed by atoms with Gasteiger partial charge in [0.15, 0.2) is 0 Å². The number of nitrogens with one attached hydrogen (secondary N) is 2. The summed E-state index contributed by atoms with van der Waals surface area (Å²) in [5.74, 6) is -0.136. The number of nitrogens with zero attached hydrogens (tertiary/aromatic N) is 2. The summed E-state index contributed by atoms with van der Waals surface area (Å²) in [5, 5.41) is 14.7. The maximum absolute atomic E-state index is 11.7. The lowest BCUT2D eigenvalue weighted by molar-refractivity contribution is 0.0937. The van der Waals surface area contributed by atoms with E-state index in [0.717, 1.165) is 19.4 Å². The van der Waals surface area contributed by atoms with Crippen LogP contribution in [0.2, 0.25) is 0 Å². The average Bonchev–Trinajstić information content (AvgIpc) is 2.67. The summed E-state index contributed by atoms with van der Waals surface area (Å²) in [4.78, 5) is 11.7. The molecule has 1 atom stereocenters. The molecule has 1 heterocycles. The van der Waals surface area contributed by atoms with Gasteiger partial charge >= 0.3 is 0 Å². The van der Waals surface area contributed by atoms with Gasteiger partial charge in [-0.3, -0.25) is 4.79 Å². The van der Waals surface area contributed by atoms with Gasteiger partial charge in [-0.05, 0) is 20.3 Å². The Morgan fingerprint density at radius 1 is 1.44 bits per heavy atom. The van der Waals surface area contributed by atoms with Crippen molar-refractivity contribution in [1.82, 2.24) is 15.5 Å². The van der Waals surface area contributed by atoms with E-state index >= 15 is 0 Å². The van der Waals surface area contributed by atoms with Crippen molar-refractivity contribution in [1.29, 1.82) is 0 Å². The smallest absolute Gasteiger partial charge is 0.282 e. The van der Waals surface area contributed by atoms with Gasteiger partial charge in [-0.25, -0.2) is 0 Å². The molecule has 90 valence electrons. The molecule has 0 radical (unpaired) electrons. The van der Waals surface area contributed by atoms with Crippen LogP contribution in [0.4, 0.5) is 5.13 Å². The molecule has 0 aliphatic carbocycles. The summed E-state index contributed by atoms with van der Waals surface area (Å²) in [6, 6.07) is 0.184. The second-order valence-corrected chi connectivity index (χ2v) is 4.58. The minimum Gasteiger partial charge on any atom is -0.360 e. The van der Waals surface area contributed by atoms with E-state index in [-0.39, 0.29) is 11.9 Å². The molecule has 0 aliphatic rings. The van der Waals surface area contributed by atoms with Crippen molar-refractivity contribution in [2.75, 3.05) is 11.9 Å². The lowest BCUT2D eigenvalue weighted by Gasteiger charge is -2.10. The van der Waals surface area contributed by atoms with E-state index in [1.807, 2.05) is 13.8 Å². The first-order valence-electron chi connectivity index (χ1n) is 5.55. The van der Waals surface area contributed by atoms with Crippen molar-refractivity contribution in [2.24, 2.45) is 0 Å². The van der Waals surface area contributed by atoms with Crippen LogP contribution in [0.1, 0.15) is 43.4 Å². The fraction of sp³-hybridized carbons (Fsp3) is 0.700. The third-order valence-corrected chi connectivity index (χ3v) is 2.93. The molecule has 1 rings (SSSR count). The van der Waals surface area contributed by atoms with Crippen molar-refractivity contribution in [3.63, 3.8) is 0 Å². The van der Waals surface area contributed by atoms with E-state index in [2.05, 4.69) is 27.8 Å². The Hall–Kier alpha value is -1.17. The molecule has 1 aromatic heterocycles. The number of aromatic nitrogens is 2. The highest BCUT2D eigenvalue weighted by atomic mass is 32.1. The predicted octanol–water partition coefficient (Wildman–Crippen LogP) is 1.89. The van der Waals surface area contributed by atoms with E-state index in [0.29, 0.717) is 10.1 Å². The second-order valence-electron chi connectivity index (χ2n) is 3.61. The summed E-state index contributed by atoms with van der Waals surface area (Å²) in [5.41, 5.74) is 0. The molecular weight excluding hydrogens is 224 g/mol. The molecule has 5 nitrogen and oxygen atoms in total. The fourth-order valence-electron chi connectivity index (χ4n) is 1.33. The molecule has 1 unspecified atom stereocenters. The first kappa shape index (κ1) is 12.9. The number of carbonyl (C=O) groups excluding carboxylic acids is 1. The SMILES string of the molecule is CCCC(C)NC(=O)c1nnc(NCC)s1. The maximum atomic E-state index is 11.7. The van der Waals surface area contributed by atoms with Gasteiger partial charge in [0.05, 0.1) is 0 Å². The molecule has 16 heavy (non-hydrogen) atoms. The molecule has 0 spiro atoms. The van der Waals surface area contributed by atoms with Crippen LogP contribution in [0.5, 0.6) is 0 Å². The minimum atomic E-state index is -0.136. The predicted molar refractivity (Wildman–Crippen MR) is 65.9 cm³/mol. The molecule has 0 aliphatic heterocycles. The zero-order valence-electron chi connectivity index (χ0n) is 9.91. The van der Waals surface area contributed by atoms with Crippen LogP contribution in [0, 0.1) is 0 Å². The highest BCUT2D eigenvalue weighted by Gasteiger charge is 2.14. The normalized spacial score (nSPS) is 12.2. The van der Waals surface area contributed by atoms with Crippen molar-refractivity contribution in [3.05, 3.63) is 5.01 Å². The Labute approximate surface area is 99.7 Å². The molecule has 0 saturated carbocycles. The van der Waals surface area contributed by atoms with E-state index in [1.54, 1.807) is 0 Å². The van der Waals surface area contributed by atoms with E-state index in [1.165, 1.54) is 11.3 Å². The van der Waals surface area contributed by atoms with E-state index in [9.17, 15) is 4.79 Å². The standard InChI is InChI=1S/C10H18N4OS/c1-4-6-7(3)12-8(15)9-13-14-10(16-9)11-5-2/h7H,4-6H2,1-3H3,(H,11,14)(H,12,15). The largest absolute Gasteiger partial charge is 0.360 e. The third kappa shape index (κ3) is 3.77. The first-order chi connectivity index (χ1) is 7.67. The number of carbonyl (C=O) groups is 1. The fourth-order valence-corrected chi connectivity index (χ4v) is 2.04. The number of anilines is 1. The van der Waals surface area contributed by atoms with Gasteiger partial charge in [0.25, 0.3) is 5.91 Å². The lowest BCUT2D eigenvalue weighted by atomic mass is 10.2. The van der Waals surface area contributed by atoms with Crippen molar-refractivity contribution >= 4 is 22.4 Å². The molecule has 0 saturated heterocycles. The number of hydrogen-bond acceptors (Lipinski definition) is 5. The third-order valence-electron chi connectivity index (χ3n) is 2.05. The maximum Gasteiger partial charge on any atom is 0.282 e. The summed E-state index contributed by atoms with van der Waals surface area (Å²) >= 11 is 1.28. The van der Waals surface area contributed by atoms with E-state index in [4.69, 9.17) is 0 Å². The Kier molecular flexibility index (Phi) is 5.18. The minimum absolute atomic E-state index is 0.136. The van der Waals surface area contributed by atoms with Crippen molar-refractivity contribution < 1.29 is 4.79 Å². The molecule has 1 amide bonds. The zero-order chi connectivity index (χ0) is 12.0. The molecule has 2 N–H and O–H groups in total. The first-order valence-corrected chi connectivity index (χ1v) is 6.37. The van der Waals surface area contributed by atoms with Crippen molar-refractivity contribution in [3.8, 4) is 0 Å². The molecule has 0 aromatic carbocycles. The van der Waals surface area contributed by atoms with Crippen LogP contribution in [0.25, 0.3) is 0 Å². The van der Waals surface area contributed by atoms with Gasteiger partial charge in [0, 0.05) is 12.6 Å². The summed E-state index contributed by atoms with van der Waals surface area (Å²) < 4.78 is 0. The number of hydrogen-bond donors (Lipinski definition) is 2. The molecule has 6 heteroatoms. The molecular formula is C10H18N4OS. The Bertz CT molecular complexity index is 339. The molecule has 1 aromatic rings. The summed E-state index contributed by atoms with van der Waals surface area (Å²) in [6.45, 7) is 6.84. The topological polar surface area (TPSA) is 66.9 Å². The van der Waals surface area contributed by atoms with Crippen LogP contribution in [-0.4, -0.2) is 28.7 Å². The highest BCUT2D eigenvalue weighted by Crippen LogP contribution is 2.14. The average molecular weight is 242 g/mol. The molecule has 0 fully saturated rings. The van der Waals surface area contributed by atoms with E-state index < -0.39 is 0 Å². The molecule has 0 bridgehead atoms. The van der Waals surface area contributed by atoms with Crippen LogP contribution in [-0.2, 0) is 0 Å². The number of rotatable bonds is 6. The highest BCUT2D eigenvalue weighted by molar-refractivity contribution is 7.17. The monoisotopic (exact) mass is 242 g/mol. The summed E-state index contributed by atoms with van der Waals surface area (Å²) in [7, 11) is 0. The number of amides is 1. The quantitative estimate of drug-likeness (QED) is 0.799. The Morgan fingerprint density at radius 2 is 2.19 bits per heavy atom. The van der Waals surface area contributed by atoms with Crippen LogP contribution in [0.15, 0.2) is 0 Å². The Balaban J connectivity index is 2.52. The van der Waals surface area contributed by atoms with Gasteiger partial charge in [-0.2, -0.15) is 0 Å². The van der Waals surface area contributed by atoms with Gasteiger partial charge in [0.2, 0.25) is 10.1 Å². The second kappa shape index (κ2) is 6.42. The summed E-state index contributed by atoms with van der Waals surface area (Å²) in [6.07, 6.45) is 2.03. The zero-order valence-corrected chi connectivity index (χ0v) is 10.7.